The van der Waals surface area contributed by atoms with Gasteiger partial charge in [0.2, 0.25) is 0 Å². The summed E-state index contributed by atoms with van der Waals surface area (Å²) in [6.07, 6.45) is 8.60. The number of fused-ring (bicyclic) bond motifs is 2. The van der Waals surface area contributed by atoms with Gasteiger partial charge in [-0.1, -0.05) is 18.2 Å². The Morgan fingerprint density at radius 3 is 2.82 bits per heavy atom. The van der Waals surface area contributed by atoms with Crippen LogP contribution in [0.2, 0.25) is 0 Å². The van der Waals surface area contributed by atoms with Gasteiger partial charge in [-0.15, -0.1) is 0 Å². The molecule has 1 saturated carbocycles. The number of anilines is 1. The summed E-state index contributed by atoms with van der Waals surface area (Å²) in [7, 11) is 0. The molecular weight excluding hydrogens is 416 g/mol. The first-order valence-corrected chi connectivity index (χ1v) is 11.8. The molecule has 1 aromatic carbocycles. The van der Waals surface area contributed by atoms with Gasteiger partial charge in [-0.2, -0.15) is 0 Å². The number of hydrogen-bond acceptors (Lipinski definition) is 6. The van der Waals surface area contributed by atoms with Crippen LogP contribution in [0.5, 0.6) is 0 Å². The van der Waals surface area contributed by atoms with Gasteiger partial charge in [0.25, 0.3) is 5.56 Å². The number of rotatable bonds is 5. The van der Waals surface area contributed by atoms with Crippen LogP contribution in [0.3, 0.4) is 0 Å². The Kier molecular flexibility index (Phi) is 4.90. The summed E-state index contributed by atoms with van der Waals surface area (Å²) < 4.78 is 9.93. The molecule has 8 nitrogen and oxygen atoms in total. The zero-order valence-corrected chi connectivity index (χ0v) is 19.0. The van der Waals surface area contributed by atoms with Crippen molar-refractivity contribution in [2.24, 2.45) is 0 Å². The maximum atomic E-state index is 13.5. The summed E-state index contributed by atoms with van der Waals surface area (Å²) in [4.78, 5) is 27.1. The van der Waals surface area contributed by atoms with Gasteiger partial charge in [-0.3, -0.25) is 9.36 Å². The fourth-order valence-corrected chi connectivity index (χ4v) is 5.00. The molecule has 2 fully saturated rings. The normalized spacial score (nSPS) is 19.8. The molecule has 6 rings (SSSR count). The molecule has 0 amide bonds. The van der Waals surface area contributed by atoms with Crippen molar-refractivity contribution < 1.29 is 4.74 Å². The van der Waals surface area contributed by atoms with Crippen LogP contribution in [0.1, 0.15) is 68.6 Å². The lowest BCUT2D eigenvalue weighted by Crippen LogP contribution is -2.26. The number of benzene rings is 1. The zero-order chi connectivity index (χ0) is 22.5. The molecule has 0 radical (unpaired) electrons. The Morgan fingerprint density at radius 1 is 1.15 bits per heavy atom. The topological polar surface area (TPSA) is 86.9 Å². The van der Waals surface area contributed by atoms with Crippen LogP contribution in [-0.4, -0.2) is 30.7 Å². The molecule has 33 heavy (non-hydrogen) atoms. The van der Waals surface area contributed by atoms with Gasteiger partial charge in [0.05, 0.1) is 17.8 Å². The third kappa shape index (κ3) is 3.49. The van der Waals surface area contributed by atoms with E-state index in [9.17, 15) is 4.79 Å². The minimum Gasteiger partial charge on any atom is -0.360 e. The van der Waals surface area contributed by atoms with Crippen molar-refractivity contribution in [3.05, 3.63) is 58.5 Å². The van der Waals surface area contributed by atoms with E-state index in [2.05, 4.69) is 33.3 Å². The van der Waals surface area contributed by atoms with Gasteiger partial charge in [0.15, 0.2) is 17.0 Å². The Morgan fingerprint density at radius 2 is 2.03 bits per heavy atom. The maximum Gasteiger partial charge on any atom is 0.259 e. The average Bonchev–Trinajstić information content (AvgIpc) is 3.57. The molecular formula is C25H28N6O2. The Hall–Kier alpha value is -3.26. The molecule has 8 heteroatoms. The molecule has 0 bridgehead atoms. The molecule has 4 aromatic rings. The van der Waals surface area contributed by atoms with Gasteiger partial charge in [0.1, 0.15) is 12.6 Å². The van der Waals surface area contributed by atoms with Crippen molar-refractivity contribution >= 4 is 27.8 Å². The molecule has 0 spiro atoms. The van der Waals surface area contributed by atoms with Crippen LogP contribution in [0.4, 0.5) is 5.82 Å². The summed E-state index contributed by atoms with van der Waals surface area (Å²) in [5.74, 6) is 0.668. The summed E-state index contributed by atoms with van der Waals surface area (Å²) in [6, 6.07) is 8.32. The molecule has 1 N–H and O–H groups in total. The molecule has 1 saturated heterocycles. The second-order valence-corrected chi connectivity index (χ2v) is 9.25. The fraction of sp³-hybridized carbons (Fsp3) is 0.440. The highest BCUT2D eigenvalue weighted by molar-refractivity contribution is 5.86. The van der Waals surface area contributed by atoms with Crippen molar-refractivity contribution in [3.63, 3.8) is 0 Å². The second kappa shape index (κ2) is 7.95. The molecule has 170 valence electrons. The van der Waals surface area contributed by atoms with Crippen LogP contribution in [0, 0.1) is 6.92 Å². The third-order valence-electron chi connectivity index (χ3n) is 6.85. The number of ether oxygens (including phenoxy) is 1. The molecule has 2 aliphatic rings. The van der Waals surface area contributed by atoms with Crippen molar-refractivity contribution in [2.45, 2.75) is 64.3 Å². The zero-order valence-electron chi connectivity index (χ0n) is 19.0. The number of pyridine rings is 1. The number of nitrogens with one attached hydrogen (secondary N) is 1. The van der Waals surface area contributed by atoms with Crippen molar-refractivity contribution in [3.8, 4) is 0 Å². The molecule has 4 heterocycles. The maximum absolute atomic E-state index is 13.5. The van der Waals surface area contributed by atoms with Crippen LogP contribution in [0.25, 0.3) is 21.9 Å². The van der Waals surface area contributed by atoms with Crippen molar-refractivity contribution in [1.82, 2.24) is 24.1 Å². The summed E-state index contributed by atoms with van der Waals surface area (Å²) >= 11 is 0. The quantitative estimate of drug-likeness (QED) is 0.482. The van der Waals surface area contributed by atoms with E-state index in [0.29, 0.717) is 5.82 Å². The number of imidazole rings is 1. The van der Waals surface area contributed by atoms with E-state index < -0.39 is 0 Å². The monoisotopic (exact) mass is 444 g/mol. The molecule has 3 aromatic heterocycles. The summed E-state index contributed by atoms with van der Waals surface area (Å²) in [5.41, 5.74) is 3.58. The van der Waals surface area contributed by atoms with Crippen LogP contribution < -0.4 is 10.9 Å². The van der Waals surface area contributed by atoms with Crippen molar-refractivity contribution in [2.75, 3.05) is 11.9 Å². The van der Waals surface area contributed by atoms with Crippen molar-refractivity contribution in [1.29, 1.82) is 0 Å². The smallest absolute Gasteiger partial charge is 0.259 e. The number of aryl methyl sites for hydroxylation is 1. The number of hydrogen-bond donors (Lipinski definition) is 1. The number of nitrogens with zero attached hydrogens (tertiary/aromatic N) is 5. The fourth-order valence-electron chi connectivity index (χ4n) is 5.00. The highest BCUT2D eigenvalue weighted by atomic mass is 16.5. The van der Waals surface area contributed by atoms with E-state index in [4.69, 9.17) is 4.74 Å². The lowest BCUT2D eigenvalue weighted by atomic mass is 10.0. The first-order chi connectivity index (χ1) is 16.1. The first kappa shape index (κ1) is 20.4. The van der Waals surface area contributed by atoms with E-state index in [1.54, 1.807) is 12.7 Å². The predicted octanol–water partition coefficient (Wildman–Crippen LogP) is 4.66. The van der Waals surface area contributed by atoms with Gasteiger partial charge in [0, 0.05) is 18.3 Å². The lowest BCUT2D eigenvalue weighted by Gasteiger charge is -2.24. The van der Waals surface area contributed by atoms with E-state index in [1.807, 2.05) is 34.3 Å². The molecule has 2 unspecified atom stereocenters. The molecule has 2 atom stereocenters. The standard InChI is InChI=1S/C25H28N6O2/c1-15-6-5-7-17-12-19(31(18-9-10-18)25(32)21(15)17)16(2)29-23-22-24(27-13-26-23)30(14-28-22)20-8-3-4-11-33-20/h5-7,12-14,16,18,20H,3-4,8-11H2,1-2H3,(H,26,27,29). The molecule has 1 aliphatic carbocycles. The highest BCUT2D eigenvalue weighted by Gasteiger charge is 2.30. The third-order valence-corrected chi connectivity index (χ3v) is 6.85. The number of aromatic nitrogens is 5. The Bertz CT molecular complexity index is 1400. The minimum absolute atomic E-state index is 0.0345. The summed E-state index contributed by atoms with van der Waals surface area (Å²) in [6.45, 7) is 4.84. The van der Waals surface area contributed by atoms with E-state index in [-0.39, 0.29) is 23.9 Å². The van der Waals surface area contributed by atoms with Crippen LogP contribution in [0.15, 0.2) is 41.7 Å². The Balaban J connectivity index is 1.39. The minimum atomic E-state index is -0.127. The lowest BCUT2D eigenvalue weighted by molar-refractivity contribution is -0.0298. The first-order valence-electron chi connectivity index (χ1n) is 11.8. The van der Waals surface area contributed by atoms with Crippen LogP contribution in [-0.2, 0) is 4.74 Å². The van der Waals surface area contributed by atoms with Gasteiger partial charge in [-0.05, 0) is 63.0 Å². The second-order valence-electron chi connectivity index (χ2n) is 9.25. The molecule has 1 aliphatic heterocycles. The predicted molar refractivity (Wildman–Crippen MR) is 127 cm³/mol. The van der Waals surface area contributed by atoms with E-state index in [1.165, 1.54) is 0 Å². The van der Waals surface area contributed by atoms with Gasteiger partial charge >= 0.3 is 0 Å². The van der Waals surface area contributed by atoms with Crippen LogP contribution >= 0.6 is 0 Å². The van der Waals surface area contributed by atoms with Gasteiger partial charge in [-0.25, -0.2) is 15.0 Å². The van der Waals surface area contributed by atoms with E-state index in [0.717, 1.165) is 71.9 Å². The van der Waals surface area contributed by atoms with E-state index >= 15 is 0 Å². The summed E-state index contributed by atoms with van der Waals surface area (Å²) in [5, 5.41) is 5.31. The SMILES string of the molecule is Cc1cccc2cc(C(C)Nc3ncnc4c3ncn4C3CCCCO3)n(C3CC3)c(=O)c12. The largest absolute Gasteiger partial charge is 0.360 e. The Labute approximate surface area is 191 Å². The van der Waals surface area contributed by atoms with Gasteiger partial charge < -0.3 is 14.6 Å². The average molecular weight is 445 g/mol. The highest BCUT2D eigenvalue weighted by Crippen LogP contribution is 2.37.